The van der Waals surface area contributed by atoms with Crippen molar-refractivity contribution in [3.05, 3.63) is 75.6 Å². The van der Waals surface area contributed by atoms with Gasteiger partial charge in [-0.3, -0.25) is 33.5 Å². The molecule has 18 heteroatoms. The largest absolute Gasteiger partial charge is 0.494 e. The van der Waals surface area contributed by atoms with Gasteiger partial charge in [0.25, 0.3) is 5.91 Å². The monoisotopic (exact) mass is 835 g/mol. The fourth-order valence-electron chi connectivity index (χ4n) is 9.07. The van der Waals surface area contributed by atoms with Gasteiger partial charge in [0, 0.05) is 56.8 Å². The molecule has 59 heavy (non-hydrogen) atoms. The topological polar surface area (TPSA) is 149 Å². The summed E-state index contributed by atoms with van der Waals surface area (Å²) in [6.45, 7) is 2.48. The molecule has 2 aromatic carbocycles. The summed E-state index contributed by atoms with van der Waals surface area (Å²) in [5.41, 5.74) is 1.23. The maximum Gasteiger partial charge on any atom is 0.433 e. The van der Waals surface area contributed by atoms with Crippen LogP contribution in [0.25, 0.3) is 21.9 Å². The summed E-state index contributed by atoms with van der Waals surface area (Å²) in [5.74, 6) is -0.742. The first-order valence-electron chi connectivity index (χ1n) is 19.8. The molecule has 1 atom stereocenters. The molecule has 0 spiro atoms. The Morgan fingerprint density at radius 1 is 1.03 bits per heavy atom. The number of hydrogen-bond donors (Lipinski definition) is 2. The predicted molar refractivity (Wildman–Crippen MR) is 216 cm³/mol. The average molecular weight is 836 g/mol. The first-order chi connectivity index (χ1) is 28.2. The van der Waals surface area contributed by atoms with Gasteiger partial charge in [-0.1, -0.05) is 17.7 Å². The SMILES string of the molecule is COc1cc2nn(C3CCC(CN(C)C4CCN(c5c(Cl)ccc6c5n(C)c(=O)n6C5CCC(=O)NC5=O)CC4)CC3)cc2cc1NC(=O)c1cccc(C(F)(F)F)n1. The maximum atomic E-state index is 13.5. The number of nitrogens with zero attached hydrogens (tertiary/aromatic N) is 7. The summed E-state index contributed by atoms with van der Waals surface area (Å²) in [4.78, 5) is 59.2. The number of carbonyl (C=O) groups is 3. The van der Waals surface area contributed by atoms with Crippen molar-refractivity contribution in [3.8, 4) is 5.75 Å². The zero-order valence-corrected chi connectivity index (χ0v) is 33.6. The van der Waals surface area contributed by atoms with Crippen LogP contribution in [-0.4, -0.2) is 86.4 Å². The van der Waals surface area contributed by atoms with Crippen LogP contribution in [0.1, 0.15) is 79.6 Å². The summed E-state index contributed by atoms with van der Waals surface area (Å²) in [5, 5.41) is 11.2. The van der Waals surface area contributed by atoms with Gasteiger partial charge in [-0.25, -0.2) is 9.78 Å². The molecule has 14 nitrogen and oxygen atoms in total. The van der Waals surface area contributed by atoms with Gasteiger partial charge in [0.15, 0.2) is 0 Å². The van der Waals surface area contributed by atoms with Crippen LogP contribution in [0.5, 0.6) is 5.75 Å². The van der Waals surface area contributed by atoms with Crippen molar-refractivity contribution in [2.24, 2.45) is 13.0 Å². The fraction of sp³-hybridized carbons (Fsp3) is 0.463. The summed E-state index contributed by atoms with van der Waals surface area (Å²) >= 11 is 6.83. The van der Waals surface area contributed by atoms with E-state index in [4.69, 9.17) is 21.4 Å². The Balaban J connectivity index is 0.876. The van der Waals surface area contributed by atoms with Crippen molar-refractivity contribution < 1.29 is 32.3 Å². The molecule has 2 saturated heterocycles. The number of anilines is 2. The quantitative estimate of drug-likeness (QED) is 0.163. The molecular formula is C41H45ClF3N9O5. The second-order valence-electron chi connectivity index (χ2n) is 15.9. The van der Waals surface area contributed by atoms with Crippen LogP contribution in [-0.2, 0) is 22.8 Å². The Kier molecular flexibility index (Phi) is 10.9. The zero-order valence-electron chi connectivity index (χ0n) is 32.9. The highest BCUT2D eigenvalue weighted by atomic mass is 35.5. The summed E-state index contributed by atoms with van der Waals surface area (Å²) in [6.07, 6.45) is 3.51. The van der Waals surface area contributed by atoms with Gasteiger partial charge >= 0.3 is 11.9 Å². The Morgan fingerprint density at radius 3 is 2.47 bits per heavy atom. The number of ether oxygens (including phenoxy) is 1. The highest BCUT2D eigenvalue weighted by Crippen LogP contribution is 2.39. The third kappa shape index (κ3) is 7.89. The number of amides is 3. The van der Waals surface area contributed by atoms with Crippen LogP contribution in [0.4, 0.5) is 24.5 Å². The number of hydrogen-bond acceptors (Lipinski definition) is 9. The van der Waals surface area contributed by atoms with E-state index in [1.807, 2.05) is 10.9 Å². The average Bonchev–Trinajstić information content (AvgIpc) is 3.74. The highest BCUT2D eigenvalue weighted by molar-refractivity contribution is 6.34. The smallest absolute Gasteiger partial charge is 0.433 e. The van der Waals surface area contributed by atoms with E-state index in [1.54, 1.807) is 35.9 Å². The predicted octanol–water partition coefficient (Wildman–Crippen LogP) is 6.33. The summed E-state index contributed by atoms with van der Waals surface area (Å²) in [7, 11) is 5.33. The van der Waals surface area contributed by atoms with E-state index >= 15 is 0 Å². The molecule has 2 N–H and O–H groups in total. The lowest BCUT2D eigenvalue weighted by Gasteiger charge is -2.40. The number of imidazole rings is 1. The molecule has 1 saturated carbocycles. The molecule has 5 aromatic rings. The third-order valence-electron chi connectivity index (χ3n) is 12.2. The van der Waals surface area contributed by atoms with E-state index < -0.39 is 29.7 Å². The number of benzene rings is 2. The lowest BCUT2D eigenvalue weighted by molar-refractivity contribution is -0.141. The van der Waals surface area contributed by atoms with Crippen LogP contribution >= 0.6 is 11.6 Å². The number of aromatic nitrogens is 5. The molecule has 1 aliphatic carbocycles. The first kappa shape index (κ1) is 40.4. The van der Waals surface area contributed by atoms with E-state index in [9.17, 15) is 32.3 Å². The molecule has 2 aliphatic heterocycles. The van der Waals surface area contributed by atoms with E-state index in [0.717, 1.165) is 81.4 Å². The highest BCUT2D eigenvalue weighted by Gasteiger charge is 2.35. The van der Waals surface area contributed by atoms with Crippen molar-refractivity contribution in [3.63, 3.8) is 0 Å². The molecule has 312 valence electrons. The van der Waals surface area contributed by atoms with Gasteiger partial charge in [0.2, 0.25) is 11.8 Å². The number of pyridine rings is 1. The molecule has 3 fully saturated rings. The van der Waals surface area contributed by atoms with E-state index in [0.29, 0.717) is 45.0 Å². The number of fused-ring (bicyclic) bond motifs is 2. The number of nitrogens with one attached hydrogen (secondary N) is 2. The van der Waals surface area contributed by atoms with Crippen molar-refractivity contribution in [2.45, 2.75) is 75.7 Å². The van der Waals surface area contributed by atoms with Crippen LogP contribution < -0.4 is 26.0 Å². The molecule has 5 heterocycles. The maximum absolute atomic E-state index is 13.5. The number of carbonyl (C=O) groups excluding carboxylic acids is 3. The number of alkyl halides is 3. The minimum Gasteiger partial charge on any atom is -0.494 e. The number of piperidine rings is 2. The van der Waals surface area contributed by atoms with Gasteiger partial charge in [-0.15, -0.1) is 0 Å². The van der Waals surface area contributed by atoms with Gasteiger partial charge in [-0.05, 0) is 88.2 Å². The number of imide groups is 1. The lowest BCUT2D eigenvalue weighted by atomic mass is 9.85. The Labute approximate surface area is 342 Å². The number of aryl methyl sites for hydroxylation is 1. The number of halogens is 4. The Morgan fingerprint density at radius 2 is 1.78 bits per heavy atom. The minimum absolute atomic E-state index is 0.170. The normalized spacial score (nSPS) is 20.7. The molecule has 3 aromatic heterocycles. The second kappa shape index (κ2) is 16.0. The number of methoxy groups -OCH3 is 1. The first-order valence-corrected chi connectivity index (χ1v) is 20.2. The molecule has 3 aliphatic rings. The van der Waals surface area contributed by atoms with Crippen LogP contribution in [0.15, 0.2) is 53.5 Å². The Bertz CT molecular complexity index is 2500. The van der Waals surface area contributed by atoms with Gasteiger partial charge in [0.05, 0.1) is 46.1 Å². The molecule has 8 rings (SSSR count). The van der Waals surface area contributed by atoms with Crippen LogP contribution in [0, 0.1) is 5.92 Å². The van der Waals surface area contributed by atoms with Gasteiger partial charge in [0.1, 0.15) is 23.2 Å². The molecule has 0 radical (unpaired) electrons. The van der Waals surface area contributed by atoms with E-state index in [-0.39, 0.29) is 36.2 Å². The van der Waals surface area contributed by atoms with E-state index in [1.165, 1.54) is 17.7 Å². The second-order valence-corrected chi connectivity index (χ2v) is 16.3. The van der Waals surface area contributed by atoms with Crippen molar-refractivity contribution in [2.75, 3.05) is 44.0 Å². The summed E-state index contributed by atoms with van der Waals surface area (Å²) in [6, 6.07) is 9.96. The van der Waals surface area contributed by atoms with Crippen LogP contribution in [0.2, 0.25) is 5.02 Å². The number of rotatable bonds is 9. The van der Waals surface area contributed by atoms with Gasteiger partial charge < -0.3 is 19.9 Å². The third-order valence-corrected chi connectivity index (χ3v) is 12.5. The molecule has 3 amide bonds. The standard InChI is InChI=1S/C41H45ClF3N9O5/c1-50(25-15-17-52(18-16-25)36-27(42)11-12-31-37(36)51(2)40(58)54(31)32-13-14-35(55)48-39(32)57)21-23-7-9-26(10-8-23)53-22-24-19-30(33(59-3)20-29(24)49-53)47-38(56)28-5-4-6-34(46-28)41(43,44)45/h4-6,11-12,19-20,22-23,25-26,32H,7-10,13-18,21H2,1-3H3,(H,47,56)(H,48,55,57). The molecule has 0 bridgehead atoms. The lowest BCUT2D eigenvalue weighted by Crippen LogP contribution is -2.45. The van der Waals surface area contributed by atoms with E-state index in [2.05, 4.69) is 32.5 Å². The Hall–Kier alpha value is -5.42. The zero-order chi connectivity index (χ0) is 41.7. The minimum atomic E-state index is -4.67. The van der Waals surface area contributed by atoms with Crippen LogP contribution in [0.3, 0.4) is 0 Å². The van der Waals surface area contributed by atoms with Crippen molar-refractivity contribution >= 4 is 62.6 Å². The molecular weight excluding hydrogens is 791 g/mol. The molecule has 1 unspecified atom stereocenters. The van der Waals surface area contributed by atoms with Gasteiger partial charge in [-0.2, -0.15) is 18.3 Å². The van der Waals surface area contributed by atoms with Crippen molar-refractivity contribution in [1.29, 1.82) is 0 Å². The summed E-state index contributed by atoms with van der Waals surface area (Å²) < 4.78 is 50.1. The van der Waals surface area contributed by atoms with Crippen molar-refractivity contribution in [1.82, 2.24) is 34.1 Å². The fourth-order valence-corrected chi connectivity index (χ4v) is 9.34.